The van der Waals surface area contributed by atoms with E-state index in [0.29, 0.717) is 17.8 Å². The third kappa shape index (κ3) is 5.67. The van der Waals surface area contributed by atoms with Gasteiger partial charge >= 0.3 is 144 Å². The van der Waals surface area contributed by atoms with Crippen molar-refractivity contribution in [1.29, 1.82) is 0 Å². The van der Waals surface area contributed by atoms with Gasteiger partial charge in [0.25, 0.3) is 0 Å². The van der Waals surface area contributed by atoms with E-state index >= 15 is 0 Å². The molecule has 0 amide bonds. The standard InChI is InChI=1S/C20H34AsN/c1-13(2)16-10-17(14(3)4)19(18(11-16)15(5)6)21-12-22-20(7,8)9/h10-15,22H,1-9H3. The number of hydrogen-bond donors (Lipinski definition) is 1. The molecule has 0 unspecified atom stereocenters. The van der Waals surface area contributed by atoms with Crippen LogP contribution in [0.25, 0.3) is 0 Å². The van der Waals surface area contributed by atoms with E-state index in [4.69, 9.17) is 0 Å². The molecule has 2 heteroatoms. The Labute approximate surface area is 144 Å². The Hall–Kier alpha value is -0.392. The molecule has 0 radical (unpaired) electrons. The summed E-state index contributed by atoms with van der Waals surface area (Å²) in [5.74, 6) is 1.77. The van der Waals surface area contributed by atoms with Crippen LogP contribution in [0.1, 0.15) is 96.8 Å². The van der Waals surface area contributed by atoms with E-state index in [2.05, 4.69) is 84.7 Å². The van der Waals surface area contributed by atoms with Crippen LogP contribution in [0.4, 0.5) is 0 Å². The van der Waals surface area contributed by atoms with Crippen molar-refractivity contribution in [3.05, 3.63) is 28.8 Å². The second-order valence-corrected chi connectivity index (χ2v) is 10.2. The van der Waals surface area contributed by atoms with Gasteiger partial charge in [0.2, 0.25) is 0 Å². The average molecular weight is 363 g/mol. The van der Waals surface area contributed by atoms with Crippen molar-refractivity contribution in [2.45, 2.75) is 85.6 Å². The molecule has 1 rings (SSSR count). The molecule has 0 aromatic heterocycles. The van der Waals surface area contributed by atoms with Crippen LogP contribution in [-0.2, 0) is 0 Å². The Morgan fingerprint density at radius 1 is 0.864 bits per heavy atom. The van der Waals surface area contributed by atoms with E-state index in [1.807, 2.05) is 0 Å². The van der Waals surface area contributed by atoms with E-state index in [-0.39, 0.29) is 20.8 Å². The Kier molecular flexibility index (Phi) is 7.09. The van der Waals surface area contributed by atoms with Gasteiger partial charge in [-0.3, -0.25) is 0 Å². The van der Waals surface area contributed by atoms with Crippen molar-refractivity contribution < 1.29 is 0 Å². The van der Waals surface area contributed by atoms with Crippen LogP contribution >= 0.6 is 0 Å². The van der Waals surface area contributed by atoms with Crippen LogP contribution in [-0.4, -0.2) is 25.8 Å². The molecule has 1 aromatic rings. The van der Waals surface area contributed by atoms with E-state index in [1.165, 1.54) is 5.56 Å². The predicted molar refractivity (Wildman–Crippen MR) is 103 cm³/mol. The molecule has 0 aliphatic carbocycles. The van der Waals surface area contributed by atoms with E-state index in [1.54, 1.807) is 15.5 Å². The average Bonchev–Trinajstić information content (AvgIpc) is 2.36. The molecule has 1 aromatic carbocycles. The first-order chi connectivity index (χ1) is 10.0. The summed E-state index contributed by atoms with van der Waals surface area (Å²) in [5, 5.41) is 3.56. The third-order valence-corrected chi connectivity index (χ3v) is 5.96. The Morgan fingerprint density at radius 3 is 1.64 bits per heavy atom. The van der Waals surface area contributed by atoms with Crippen molar-refractivity contribution in [1.82, 2.24) is 5.32 Å². The predicted octanol–water partition coefficient (Wildman–Crippen LogP) is 4.53. The second-order valence-electron chi connectivity index (χ2n) is 8.16. The molecule has 0 aliphatic rings. The van der Waals surface area contributed by atoms with E-state index in [9.17, 15) is 0 Å². The van der Waals surface area contributed by atoms with Gasteiger partial charge in [-0.1, -0.05) is 0 Å². The van der Waals surface area contributed by atoms with Crippen LogP contribution in [0, 0.1) is 0 Å². The second kappa shape index (κ2) is 7.93. The van der Waals surface area contributed by atoms with Crippen molar-refractivity contribution in [2.24, 2.45) is 0 Å². The molecule has 22 heavy (non-hydrogen) atoms. The molecule has 124 valence electrons. The van der Waals surface area contributed by atoms with Crippen molar-refractivity contribution in [3.63, 3.8) is 0 Å². The number of rotatable bonds is 5. The first-order valence-electron chi connectivity index (χ1n) is 8.51. The minimum atomic E-state index is 0.0463. The van der Waals surface area contributed by atoms with Gasteiger partial charge in [-0.25, -0.2) is 0 Å². The molecule has 0 saturated heterocycles. The van der Waals surface area contributed by atoms with Crippen molar-refractivity contribution >= 4 is 24.6 Å². The Bertz CT molecular complexity index is 490. The molecule has 0 spiro atoms. The molecular weight excluding hydrogens is 329 g/mol. The van der Waals surface area contributed by atoms with Gasteiger partial charge in [0.1, 0.15) is 0 Å². The summed E-state index contributed by atoms with van der Waals surface area (Å²) in [5.41, 5.74) is 4.76. The van der Waals surface area contributed by atoms with Gasteiger partial charge < -0.3 is 0 Å². The summed E-state index contributed by atoms with van der Waals surface area (Å²) in [4.78, 5) is 2.33. The van der Waals surface area contributed by atoms with Gasteiger partial charge in [-0.2, -0.15) is 0 Å². The van der Waals surface area contributed by atoms with Gasteiger partial charge in [-0.05, 0) is 0 Å². The van der Waals surface area contributed by atoms with Crippen LogP contribution in [0.3, 0.4) is 0 Å². The molecule has 0 bridgehead atoms. The van der Waals surface area contributed by atoms with Crippen molar-refractivity contribution in [2.75, 3.05) is 0 Å². The fourth-order valence-corrected chi connectivity index (χ4v) is 5.56. The SMILES string of the molecule is CC(C)c1cc(C(C)C)c([As]=CNC(C)(C)C)c(C(C)C)c1. The first kappa shape index (κ1) is 19.7. The fraction of sp³-hybridized carbons (Fsp3) is 0.650. The third-order valence-electron chi connectivity index (χ3n) is 3.79. The molecule has 0 heterocycles. The summed E-state index contributed by atoms with van der Waals surface area (Å²) in [6.45, 7) is 20.6. The topological polar surface area (TPSA) is 12.0 Å². The molecule has 0 fully saturated rings. The minimum absolute atomic E-state index is 0.0463. The molecule has 1 N–H and O–H groups in total. The van der Waals surface area contributed by atoms with Crippen LogP contribution in [0.15, 0.2) is 12.1 Å². The maximum absolute atomic E-state index is 3.56. The van der Waals surface area contributed by atoms with Gasteiger partial charge in [0.15, 0.2) is 0 Å². The zero-order valence-corrected chi connectivity index (χ0v) is 17.8. The first-order valence-corrected chi connectivity index (χ1v) is 10.5. The number of nitrogens with one attached hydrogen (secondary N) is 1. The zero-order chi connectivity index (χ0) is 17.1. The Morgan fingerprint density at radius 2 is 1.32 bits per heavy atom. The number of benzene rings is 1. The van der Waals surface area contributed by atoms with E-state index < -0.39 is 0 Å². The normalized spacial score (nSPS) is 13.1. The summed E-state index contributed by atoms with van der Waals surface area (Å²) < 4.78 is 1.61. The Balaban J connectivity index is 3.39. The van der Waals surface area contributed by atoms with Crippen LogP contribution in [0.5, 0.6) is 0 Å². The fourth-order valence-electron chi connectivity index (χ4n) is 2.36. The maximum atomic E-state index is 3.56. The molecular formula is C20H34AsN. The monoisotopic (exact) mass is 363 g/mol. The molecule has 0 aliphatic heterocycles. The number of hydrogen-bond acceptors (Lipinski definition) is 1. The summed E-state index contributed by atoms with van der Waals surface area (Å²) in [6.07, 6.45) is 0. The van der Waals surface area contributed by atoms with Crippen LogP contribution in [0.2, 0.25) is 0 Å². The summed E-state index contributed by atoms with van der Waals surface area (Å²) in [6, 6.07) is 4.91. The molecule has 0 atom stereocenters. The summed E-state index contributed by atoms with van der Waals surface area (Å²) in [7, 11) is 0. The van der Waals surface area contributed by atoms with Gasteiger partial charge in [-0.15, -0.1) is 0 Å². The molecule has 0 saturated carbocycles. The van der Waals surface area contributed by atoms with E-state index in [0.717, 1.165) is 0 Å². The van der Waals surface area contributed by atoms with Gasteiger partial charge in [0.05, 0.1) is 0 Å². The van der Waals surface area contributed by atoms with Crippen LogP contribution < -0.4 is 9.67 Å². The molecule has 1 nitrogen and oxygen atoms in total. The zero-order valence-electron chi connectivity index (χ0n) is 15.9. The van der Waals surface area contributed by atoms with Gasteiger partial charge in [0, 0.05) is 0 Å². The quantitative estimate of drug-likeness (QED) is 0.758. The summed E-state index contributed by atoms with van der Waals surface area (Å²) >= 11 is 0.0463. The van der Waals surface area contributed by atoms with Crippen molar-refractivity contribution in [3.8, 4) is 0 Å².